The Balaban J connectivity index is 1.79. The third-order valence-electron chi connectivity index (χ3n) is 3.34. The molecule has 1 fully saturated rings. The van der Waals surface area contributed by atoms with Crippen molar-refractivity contribution >= 4 is 10.9 Å². The molecule has 2 heteroatoms. The summed E-state index contributed by atoms with van der Waals surface area (Å²) < 4.78 is 0. The second-order valence-electron chi connectivity index (χ2n) is 4.56. The number of H-pyrrole nitrogens is 1. The smallest absolute Gasteiger partial charge is 0.0457 e. The van der Waals surface area contributed by atoms with E-state index in [1.807, 2.05) is 0 Å². The molecule has 0 saturated heterocycles. The van der Waals surface area contributed by atoms with E-state index in [0.717, 1.165) is 18.5 Å². The lowest BCUT2D eigenvalue weighted by Gasteiger charge is -2.01. The second kappa shape index (κ2) is 3.38. The van der Waals surface area contributed by atoms with E-state index >= 15 is 0 Å². The van der Waals surface area contributed by atoms with Gasteiger partial charge in [-0.05, 0) is 24.0 Å². The quantitative estimate of drug-likeness (QED) is 0.783. The molecule has 2 unspecified atom stereocenters. The number of benzene rings is 1. The standard InChI is InChI=1S/C13H16N2/c1-9-6-13(9)15-8-10-7-14-12-5-3-2-4-11(10)12/h2-5,7,9,13-15H,6,8H2,1H3. The first-order valence-corrected chi connectivity index (χ1v) is 5.63. The van der Waals surface area contributed by atoms with Crippen molar-refractivity contribution in [3.05, 3.63) is 36.0 Å². The fraction of sp³-hybridized carbons (Fsp3) is 0.385. The molecule has 78 valence electrons. The van der Waals surface area contributed by atoms with Gasteiger partial charge < -0.3 is 10.3 Å². The maximum absolute atomic E-state index is 3.58. The summed E-state index contributed by atoms with van der Waals surface area (Å²) in [5.41, 5.74) is 2.61. The zero-order valence-electron chi connectivity index (χ0n) is 8.96. The third kappa shape index (κ3) is 1.65. The lowest BCUT2D eigenvalue weighted by molar-refractivity contribution is 0.655. The van der Waals surface area contributed by atoms with Crippen LogP contribution in [0.4, 0.5) is 0 Å². The molecule has 2 N–H and O–H groups in total. The van der Waals surface area contributed by atoms with E-state index < -0.39 is 0 Å². The van der Waals surface area contributed by atoms with E-state index in [1.165, 1.54) is 22.9 Å². The molecule has 2 nitrogen and oxygen atoms in total. The van der Waals surface area contributed by atoms with Crippen LogP contribution in [-0.2, 0) is 6.54 Å². The zero-order chi connectivity index (χ0) is 10.3. The maximum Gasteiger partial charge on any atom is 0.0457 e. The molecule has 0 amide bonds. The van der Waals surface area contributed by atoms with Crippen LogP contribution in [0, 0.1) is 5.92 Å². The SMILES string of the molecule is CC1CC1NCc1c[nH]c2ccccc12. The van der Waals surface area contributed by atoms with E-state index in [2.05, 4.69) is 47.7 Å². The summed E-state index contributed by atoms with van der Waals surface area (Å²) in [5, 5.41) is 4.93. The first-order chi connectivity index (χ1) is 7.34. The van der Waals surface area contributed by atoms with Crippen LogP contribution in [0.5, 0.6) is 0 Å². The van der Waals surface area contributed by atoms with Crippen molar-refractivity contribution in [1.82, 2.24) is 10.3 Å². The van der Waals surface area contributed by atoms with Crippen molar-refractivity contribution < 1.29 is 0 Å². The minimum absolute atomic E-state index is 0.749. The molecule has 1 aliphatic carbocycles. The number of aromatic nitrogens is 1. The molecule has 1 aliphatic rings. The highest BCUT2D eigenvalue weighted by atomic mass is 15.0. The average molecular weight is 200 g/mol. The van der Waals surface area contributed by atoms with Crippen LogP contribution in [0.1, 0.15) is 18.9 Å². The van der Waals surface area contributed by atoms with Gasteiger partial charge in [0.1, 0.15) is 0 Å². The summed E-state index contributed by atoms with van der Waals surface area (Å²) in [6, 6.07) is 9.22. The summed E-state index contributed by atoms with van der Waals surface area (Å²) in [7, 11) is 0. The lowest BCUT2D eigenvalue weighted by Crippen LogP contribution is -2.16. The third-order valence-corrected chi connectivity index (χ3v) is 3.34. The summed E-state index contributed by atoms with van der Waals surface area (Å²) in [6.07, 6.45) is 3.45. The molecule has 1 saturated carbocycles. The molecular weight excluding hydrogens is 184 g/mol. The predicted molar refractivity (Wildman–Crippen MR) is 62.7 cm³/mol. The fourth-order valence-electron chi connectivity index (χ4n) is 2.13. The van der Waals surface area contributed by atoms with E-state index in [-0.39, 0.29) is 0 Å². The highest BCUT2D eigenvalue weighted by molar-refractivity contribution is 5.82. The van der Waals surface area contributed by atoms with Gasteiger partial charge in [0.05, 0.1) is 0 Å². The normalized spacial score (nSPS) is 24.6. The topological polar surface area (TPSA) is 27.8 Å². The van der Waals surface area contributed by atoms with E-state index in [0.29, 0.717) is 0 Å². The molecule has 15 heavy (non-hydrogen) atoms. The Kier molecular flexibility index (Phi) is 2.03. The summed E-state index contributed by atoms with van der Waals surface area (Å²) in [5.74, 6) is 0.871. The van der Waals surface area contributed by atoms with Crippen LogP contribution < -0.4 is 5.32 Å². The molecule has 1 aromatic heterocycles. The number of hydrogen-bond acceptors (Lipinski definition) is 1. The van der Waals surface area contributed by atoms with Gasteiger partial charge in [-0.15, -0.1) is 0 Å². The fourth-order valence-corrected chi connectivity index (χ4v) is 2.13. The van der Waals surface area contributed by atoms with E-state index in [4.69, 9.17) is 0 Å². The number of rotatable bonds is 3. The molecule has 1 aromatic carbocycles. The first-order valence-electron chi connectivity index (χ1n) is 5.63. The first kappa shape index (κ1) is 8.98. The van der Waals surface area contributed by atoms with Crippen molar-refractivity contribution in [2.45, 2.75) is 25.9 Å². The highest BCUT2D eigenvalue weighted by Crippen LogP contribution is 2.29. The molecule has 1 heterocycles. The van der Waals surface area contributed by atoms with Crippen molar-refractivity contribution in [3.8, 4) is 0 Å². The number of hydrogen-bond donors (Lipinski definition) is 2. The summed E-state index contributed by atoms with van der Waals surface area (Å²) in [6.45, 7) is 3.28. The summed E-state index contributed by atoms with van der Waals surface area (Å²) >= 11 is 0. The van der Waals surface area contributed by atoms with E-state index in [9.17, 15) is 0 Å². The van der Waals surface area contributed by atoms with Crippen LogP contribution >= 0.6 is 0 Å². The molecule has 2 atom stereocenters. The average Bonchev–Trinajstić information content (AvgIpc) is 2.81. The van der Waals surface area contributed by atoms with Crippen LogP contribution in [0.2, 0.25) is 0 Å². The van der Waals surface area contributed by atoms with Gasteiger partial charge in [-0.1, -0.05) is 25.1 Å². The second-order valence-corrected chi connectivity index (χ2v) is 4.56. The Morgan fingerprint density at radius 1 is 1.40 bits per heavy atom. The van der Waals surface area contributed by atoms with Gasteiger partial charge in [0.15, 0.2) is 0 Å². The minimum atomic E-state index is 0.749. The molecular formula is C13H16N2. The molecule has 0 spiro atoms. The van der Waals surface area contributed by atoms with Crippen molar-refractivity contribution in [1.29, 1.82) is 0 Å². The van der Waals surface area contributed by atoms with Gasteiger partial charge in [0, 0.05) is 29.7 Å². The van der Waals surface area contributed by atoms with Crippen molar-refractivity contribution in [2.24, 2.45) is 5.92 Å². The lowest BCUT2D eigenvalue weighted by atomic mass is 10.2. The van der Waals surface area contributed by atoms with Gasteiger partial charge in [-0.25, -0.2) is 0 Å². The Morgan fingerprint density at radius 3 is 3.00 bits per heavy atom. The van der Waals surface area contributed by atoms with Gasteiger partial charge in [-0.3, -0.25) is 0 Å². The number of nitrogens with one attached hydrogen (secondary N) is 2. The highest BCUT2D eigenvalue weighted by Gasteiger charge is 2.31. The Labute approximate surface area is 89.7 Å². The molecule has 0 aliphatic heterocycles. The van der Waals surface area contributed by atoms with Crippen LogP contribution in [0.3, 0.4) is 0 Å². The minimum Gasteiger partial charge on any atom is -0.361 e. The van der Waals surface area contributed by atoms with Gasteiger partial charge >= 0.3 is 0 Å². The molecule has 3 rings (SSSR count). The largest absolute Gasteiger partial charge is 0.361 e. The van der Waals surface area contributed by atoms with Crippen LogP contribution in [0.25, 0.3) is 10.9 Å². The molecule has 2 aromatic rings. The summed E-state index contributed by atoms with van der Waals surface area (Å²) in [4.78, 5) is 3.30. The maximum atomic E-state index is 3.58. The number of para-hydroxylation sites is 1. The van der Waals surface area contributed by atoms with Crippen molar-refractivity contribution in [3.63, 3.8) is 0 Å². The monoisotopic (exact) mass is 200 g/mol. The van der Waals surface area contributed by atoms with Crippen LogP contribution in [0.15, 0.2) is 30.5 Å². The van der Waals surface area contributed by atoms with Crippen molar-refractivity contribution in [2.75, 3.05) is 0 Å². The van der Waals surface area contributed by atoms with Gasteiger partial charge in [0.25, 0.3) is 0 Å². The number of aromatic amines is 1. The molecule has 0 bridgehead atoms. The predicted octanol–water partition coefficient (Wildman–Crippen LogP) is 2.67. The Morgan fingerprint density at radius 2 is 2.20 bits per heavy atom. The Bertz CT molecular complexity index is 472. The molecule has 0 radical (unpaired) electrons. The van der Waals surface area contributed by atoms with Crippen LogP contribution in [-0.4, -0.2) is 11.0 Å². The number of fused-ring (bicyclic) bond motifs is 1. The van der Waals surface area contributed by atoms with Gasteiger partial charge in [0.2, 0.25) is 0 Å². The van der Waals surface area contributed by atoms with E-state index in [1.54, 1.807) is 0 Å². The van der Waals surface area contributed by atoms with Gasteiger partial charge in [-0.2, -0.15) is 0 Å². The zero-order valence-corrected chi connectivity index (χ0v) is 8.96. The Hall–Kier alpha value is -1.28.